The van der Waals surface area contributed by atoms with E-state index in [4.69, 9.17) is 9.79 Å². The largest absolute Gasteiger partial charge is 0.508 e. The number of phenols is 1. The van der Waals surface area contributed by atoms with Crippen LogP contribution < -0.4 is 5.09 Å². The Hall–Kier alpha value is -2.12. The molecule has 0 aliphatic heterocycles. The first kappa shape index (κ1) is 18.2. The normalized spacial score (nSPS) is 16.8. The van der Waals surface area contributed by atoms with Crippen LogP contribution in [0, 0.1) is 0 Å². The Bertz CT molecular complexity index is 750. The van der Waals surface area contributed by atoms with E-state index in [9.17, 15) is 24.7 Å². The van der Waals surface area contributed by atoms with Gasteiger partial charge < -0.3 is 25.1 Å². The number of aryl methyl sites for hydroxylation is 1. The van der Waals surface area contributed by atoms with Crippen LogP contribution in [0.4, 0.5) is 0 Å². The van der Waals surface area contributed by atoms with Crippen molar-refractivity contribution in [3.8, 4) is 5.75 Å². The monoisotopic (exact) mass is 355 g/mol. The van der Waals surface area contributed by atoms with Gasteiger partial charge in [0, 0.05) is 17.3 Å². The summed E-state index contributed by atoms with van der Waals surface area (Å²) < 4.78 is 11.1. The number of rotatable bonds is 6. The molecule has 6 N–H and O–H groups in total. The highest BCUT2D eigenvalue weighted by atomic mass is 31.2. The zero-order valence-electron chi connectivity index (χ0n) is 12.6. The van der Waals surface area contributed by atoms with E-state index < -0.39 is 25.4 Å². The molecular formula is C15H18NO7P. The van der Waals surface area contributed by atoms with Crippen LogP contribution in [0.3, 0.4) is 0 Å². The number of carbonyl (C=O) groups excluding carboxylic acids is 1. The number of carbonyl (C=O) groups is 1. The van der Waals surface area contributed by atoms with E-state index >= 15 is 0 Å². The molecule has 1 aromatic rings. The minimum absolute atomic E-state index is 0.0797. The first-order valence-electron chi connectivity index (χ1n) is 7.12. The van der Waals surface area contributed by atoms with E-state index in [1.807, 2.05) is 5.09 Å². The zero-order valence-corrected chi connectivity index (χ0v) is 13.5. The molecule has 1 aliphatic rings. The van der Waals surface area contributed by atoms with Gasteiger partial charge in [0.05, 0.1) is 12.5 Å². The Morgan fingerprint density at radius 3 is 2.58 bits per heavy atom. The second-order valence-electron chi connectivity index (χ2n) is 5.45. The van der Waals surface area contributed by atoms with E-state index in [1.54, 1.807) is 12.1 Å². The molecule has 0 fully saturated rings. The average Bonchev–Trinajstić information content (AvgIpc) is 2.42. The van der Waals surface area contributed by atoms with Crippen LogP contribution in [0.25, 0.3) is 0 Å². The summed E-state index contributed by atoms with van der Waals surface area (Å²) in [5, 5.41) is 31.5. The van der Waals surface area contributed by atoms with Gasteiger partial charge in [0.15, 0.2) is 5.78 Å². The molecule has 0 radical (unpaired) electrons. The molecule has 0 aromatic heterocycles. The fourth-order valence-electron chi connectivity index (χ4n) is 2.51. The molecule has 1 aromatic carbocycles. The van der Waals surface area contributed by atoms with Crippen molar-refractivity contribution >= 4 is 13.5 Å². The molecular weight excluding hydrogens is 337 g/mol. The van der Waals surface area contributed by atoms with Crippen molar-refractivity contribution in [3.63, 3.8) is 0 Å². The minimum Gasteiger partial charge on any atom is -0.508 e. The lowest BCUT2D eigenvalue weighted by atomic mass is 9.93. The number of aromatic hydroxyl groups is 1. The summed E-state index contributed by atoms with van der Waals surface area (Å²) >= 11 is 0. The summed E-state index contributed by atoms with van der Waals surface area (Å²) in [6.07, 6.45) is -0.211. The molecule has 0 amide bonds. The second-order valence-corrected chi connectivity index (χ2v) is 6.76. The molecule has 0 heterocycles. The van der Waals surface area contributed by atoms with E-state index in [2.05, 4.69) is 0 Å². The maximum absolute atomic E-state index is 11.5. The Morgan fingerprint density at radius 2 is 1.96 bits per heavy atom. The van der Waals surface area contributed by atoms with Gasteiger partial charge in [0.25, 0.3) is 0 Å². The predicted octanol–water partition coefficient (Wildman–Crippen LogP) is 1.04. The molecule has 0 saturated carbocycles. The van der Waals surface area contributed by atoms with Gasteiger partial charge in [0.1, 0.15) is 11.5 Å². The van der Waals surface area contributed by atoms with E-state index in [-0.39, 0.29) is 29.9 Å². The molecule has 24 heavy (non-hydrogen) atoms. The topological polar surface area (TPSA) is 147 Å². The number of phenolic OH excluding ortho intramolecular Hbond substituents is 1. The number of benzene rings is 1. The summed E-state index contributed by atoms with van der Waals surface area (Å²) in [6.45, 7) is 0. The number of allylic oxidation sites excluding steroid dienone is 2. The Labute approximate surface area is 138 Å². The van der Waals surface area contributed by atoms with Gasteiger partial charge in [-0.3, -0.25) is 9.88 Å². The van der Waals surface area contributed by atoms with Gasteiger partial charge in [0.2, 0.25) is 0 Å². The van der Waals surface area contributed by atoms with Gasteiger partial charge in [-0.05, 0) is 30.5 Å². The quantitative estimate of drug-likeness (QED) is 0.415. The molecule has 1 atom stereocenters. The number of nitrogens with one attached hydrogen (secondary N) is 1. The van der Waals surface area contributed by atoms with Gasteiger partial charge in [-0.2, -0.15) is 0 Å². The molecule has 1 aliphatic carbocycles. The molecule has 0 bridgehead atoms. The fourth-order valence-corrected chi connectivity index (χ4v) is 3.06. The molecule has 9 heteroatoms. The van der Waals surface area contributed by atoms with E-state index in [1.165, 1.54) is 12.1 Å². The first-order valence-corrected chi connectivity index (χ1v) is 8.73. The second kappa shape index (κ2) is 7.19. The van der Waals surface area contributed by atoms with Gasteiger partial charge in [-0.1, -0.05) is 12.1 Å². The lowest BCUT2D eigenvalue weighted by Crippen LogP contribution is -2.26. The number of aliphatic hydroxyl groups excluding tert-OH is 2. The number of aliphatic hydroxyl groups is 2. The highest BCUT2D eigenvalue weighted by molar-refractivity contribution is 7.49. The van der Waals surface area contributed by atoms with Crippen LogP contribution in [0.2, 0.25) is 0 Å². The van der Waals surface area contributed by atoms with Gasteiger partial charge in [-0.15, -0.1) is 0 Å². The smallest absolute Gasteiger partial charge is 0.427 e. The van der Waals surface area contributed by atoms with Crippen molar-refractivity contribution in [1.82, 2.24) is 5.09 Å². The third-order valence-electron chi connectivity index (χ3n) is 3.48. The number of hydrogen-bond donors (Lipinski definition) is 6. The van der Waals surface area contributed by atoms with Crippen LogP contribution in [0.15, 0.2) is 47.4 Å². The third kappa shape index (κ3) is 4.94. The Kier molecular flexibility index (Phi) is 5.46. The van der Waals surface area contributed by atoms with Crippen LogP contribution in [-0.4, -0.2) is 37.0 Å². The fraction of sp³-hybridized carbons (Fsp3) is 0.267. The molecule has 0 spiro atoms. The van der Waals surface area contributed by atoms with Crippen molar-refractivity contribution < 1.29 is 34.5 Å². The molecule has 1 unspecified atom stereocenters. The maximum atomic E-state index is 11.5. The Balaban J connectivity index is 2.20. The van der Waals surface area contributed by atoms with Crippen molar-refractivity contribution in [2.75, 3.05) is 0 Å². The summed E-state index contributed by atoms with van der Waals surface area (Å²) in [5.41, 5.74) is 0.435. The van der Waals surface area contributed by atoms with Crippen molar-refractivity contribution in [2.24, 2.45) is 0 Å². The van der Waals surface area contributed by atoms with Gasteiger partial charge in [-0.25, -0.2) is 4.57 Å². The summed E-state index contributed by atoms with van der Waals surface area (Å²) in [7, 11) is -4.69. The van der Waals surface area contributed by atoms with Crippen molar-refractivity contribution in [2.45, 2.75) is 25.4 Å². The molecule has 8 nitrogen and oxygen atoms in total. The maximum Gasteiger partial charge on any atom is 0.427 e. The summed E-state index contributed by atoms with van der Waals surface area (Å²) in [4.78, 5) is 29.5. The predicted molar refractivity (Wildman–Crippen MR) is 85.0 cm³/mol. The summed E-state index contributed by atoms with van der Waals surface area (Å²) in [5.74, 6) is -0.978. The van der Waals surface area contributed by atoms with E-state index in [0.29, 0.717) is 6.42 Å². The van der Waals surface area contributed by atoms with Crippen LogP contribution in [0.5, 0.6) is 5.75 Å². The highest BCUT2D eigenvalue weighted by Gasteiger charge is 2.29. The number of ketones is 1. The highest BCUT2D eigenvalue weighted by Crippen LogP contribution is 2.35. The lowest BCUT2D eigenvalue weighted by Gasteiger charge is -2.23. The lowest BCUT2D eigenvalue weighted by molar-refractivity contribution is -0.114. The molecule has 0 saturated heterocycles. The molecule has 2 rings (SSSR count). The van der Waals surface area contributed by atoms with Crippen LogP contribution in [-0.2, 0) is 15.8 Å². The minimum atomic E-state index is -4.69. The first-order chi connectivity index (χ1) is 11.2. The molecule has 130 valence electrons. The van der Waals surface area contributed by atoms with Crippen LogP contribution in [0.1, 0.15) is 18.4 Å². The van der Waals surface area contributed by atoms with Crippen LogP contribution >= 0.6 is 7.75 Å². The Morgan fingerprint density at radius 1 is 1.25 bits per heavy atom. The van der Waals surface area contributed by atoms with Crippen molar-refractivity contribution in [3.05, 3.63) is 52.9 Å². The standard InChI is InChI=1S/C15H18NO7P/c17-10-3-1-2-9(6-10)4-5-13(19)15-12(16-24(21,22)23)7-11(18)8-14(15)20/h1-3,6,8,13,17,19-20H,4-5,7H2,(H3,16,21,22,23). The third-order valence-corrected chi connectivity index (χ3v) is 4.04. The van der Waals surface area contributed by atoms with Gasteiger partial charge >= 0.3 is 7.75 Å². The van der Waals surface area contributed by atoms with Crippen molar-refractivity contribution in [1.29, 1.82) is 0 Å². The SMILES string of the molecule is O=C1C=C(O)C(C(O)CCc2cccc(O)c2)=C(NP(=O)(O)O)C1. The summed E-state index contributed by atoms with van der Waals surface area (Å²) in [6, 6.07) is 6.42. The zero-order chi connectivity index (χ0) is 17.9. The van der Waals surface area contributed by atoms with E-state index in [0.717, 1.165) is 11.6 Å². The number of hydrogen-bond acceptors (Lipinski definition) is 5. The average molecular weight is 355 g/mol.